The molecule has 0 saturated heterocycles. The Hall–Kier alpha value is -2.30. The molecule has 1 amide bonds. The van der Waals surface area contributed by atoms with Gasteiger partial charge in [0.2, 0.25) is 0 Å². The molecule has 0 spiro atoms. The number of anilines is 1. The van der Waals surface area contributed by atoms with Gasteiger partial charge in [0.25, 0.3) is 5.91 Å². The van der Waals surface area contributed by atoms with Crippen molar-refractivity contribution in [3.8, 4) is 5.75 Å². The second-order valence-electron chi connectivity index (χ2n) is 6.20. The molecule has 0 atom stereocenters. The Morgan fingerprint density at radius 3 is 2.48 bits per heavy atom. The van der Waals surface area contributed by atoms with Gasteiger partial charge in [0, 0.05) is 17.9 Å². The number of nitrogens with one attached hydrogen (secondary N) is 1. The van der Waals surface area contributed by atoms with Gasteiger partial charge in [-0.15, -0.1) is 0 Å². The van der Waals surface area contributed by atoms with Crippen molar-refractivity contribution in [2.45, 2.75) is 54.0 Å². The van der Waals surface area contributed by atoms with Crippen LogP contribution in [-0.2, 0) is 6.54 Å². The fourth-order valence-corrected chi connectivity index (χ4v) is 2.82. The standard InChI is InChI=1S/C18H25N3O2/c1-7-21-13(6)17(12(5)20-21)18(23)19-15-9-14(10(2)3)16(22)8-11(15)4/h8-10,22H,7H2,1-6H3,(H,19,23). The van der Waals surface area contributed by atoms with Gasteiger partial charge < -0.3 is 10.4 Å². The van der Waals surface area contributed by atoms with Crippen molar-refractivity contribution in [2.75, 3.05) is 5.32 Å². The molecule has 0 fully saturated rings. The van der Waals surface area contributed by atoms with E-state index in [9.17, 15) is 9.90 Å². The van der Waals surface area contributed by atoms with Crippen LogP contribution in [0.3, 0.4) is 0 Å². The number of benzene rings is 1. The summed E-state index contributed by atoms with van der Waals surface area (Å²) in [7, 11) is 0. The van der Waals surface area contributed by atoms with Crippen LogP contribution in [0.2, 0.25) is 0 Å². The van der Waals surface area contributed by atoms with E-state index in [-0.39, 0.29) is 17.6 Å². The number of aromatic hydroxyl groups is 1. The molecule has 2 aromatic rings. The molecule has 1 aromatic heterocycles. The number of carbonyl (C=O) groups excluding carboxylic acids is 1. The number of phenolic OH excluding ortho intramolecular Hbond substituents is 1. The zero-order chi connectivity index (χ0) is 17.3. The highest BCUT2D eigenvalue weighted by Crippen LogP contribution is 2.31. The molecular formula is C18H25N3O2. The van der Waals surface area contributed by atoms with E-state index in [2.05, 4.69) is 10.4 Å². The smallest absolute Gasteiger partial charge is 0.259 e. The third-order valence-electron chi connectivity index (χ3n) is 4.15. The molecule has 5 nitrogen and oxygen atoms in total. The molecule has 1 aromatic carbocycles. The molecule has 0 bridgehead atoms. The summed E-state index contributed by atoms with van der Waals surface area (Å²) in [4.78, 5) is 12.7. The molecule has 0 saturated carbocycles. The third kappa shape index (κ3) is 3.23. The van der Waals surface area contributed by atoms with Crippen LogP contribution in [0, 0.1) is 20.8 Å². The van der Waals surface area contributed by atoms with Crippen LogP contribution in [0.25, 0.3) is 0 Å². The lowest BCUT2D eigenvalue weighted by atomic mass is 9.99. The van der Waals surface area contributed by atoms with Gasteiger partial charge in [0.1, 0.15) is 5.75 Å². The van der Waals surface area contributed by atoms with E-state index >= 15 is 0 Å². The third-order valence-corrected chi connectivity index (χ3v) is 4.15. The molecule has 1 heterocycles. The minimum Gasteiger partial charge on any atom is -0.508 e. The Morgan fingerprint density at radius 2 is 1.96 bits per heavy atom. The van der Waals surface area contributed by atoms with Gasteiger partial charge in [-0.25, -0.2) is 0 Å². The molecule has 0 unspecified atom stereocenters. The van der Waals surface area contributed by atoms with Crippen LogP contribution in [0.15, 0.2) is 12.1 Å². The fraction of sp³-hybridized carbons (Fsp3) is 0.444. The summed E-state index contributed by atoms with van der Waals surface area (Å²) in [6.07, 6.45) is 0. The summed E-state index contributed by atoms with van der Waals surface area (Å²) in [5, 5.41) is 17.4. The molecule has 2 N–H and O–H groups in total. The van der Waals surface area contributed by atoms with E-state index in [4.69, 9.17) is 0 Å². The van der Waals surface area contributed by atoms with Crippen LogP contribution in [0.4, 0.5) is 5.69 Å². The average Bonchev–Trinajstić information content (AvgIpc) is 2.75. The van der Waals surface area contributed by atoms with Gasteiger partial charge in [-0.1, -0.05) is 13.8 Å². The number of hydrogen-bond donors (Lipinski definition) is 2. The maximum Gasteiger partial charge on any atom is 0.259 e. The molecule has 5 heteroatoms. The van der Waals surface area contributed by atoms with Gasteiger partial charge in [-0.05, 0) is 56.9 Å². The number of phenols is 1. The lowest BCUT2D eigenvalue weighted by Crippen LogP contribution is -2.15. The van der Waals surface area contributed by atoms with Gasteiger partial charge in [0.15, 0.2) is 0 Å². The number of aromatic nitrogens is 2. The van der Waals surface area contributed by atoms with Crippen molar-refractivity contribution in [2.24, 2.45) is 0 Å². The minimum absolute atomic E-state index is 0.164. The number of hydrogen-bond acceptors (Lipinski definition) is 3. The molecule has 2 rings (SSSR count). The van der Waals surface area contributed by atoms with Crippen molar-refractivity contribution < 1.29 is 9.90 Å². The van der Waals surface area contributed by atoms with Crippen molar-refractivity contribution in [1.82, 2.24) is 9.78 Å². The number of aryl methyl sites for hydroxylation is 3. The number of rotatable bonds is 4. The summed E-state index contributed by atoms with van der Waals surface area (Å²) in [6.45, 7) is 12.4. The average molecular weight is 315 g/mol. The second kappa shape index (κ2) is 6.44. The van der Waals surface area contributed by atoms with Crippen LogP contribution in [0.5, 0.6) is 5.75 Å². The summed E-state index contributed by atoms with van der Waals surface area (Å²) >= 11 is 0. The predicted octanol–water partition coefficient (Wildman–Crippen LogP) is 3.91. The molecule has 0 aliphatic heterocycles. The highest BCUT2D eigenvalue weighted by molar-refractivity contribution is 6.06. The number of nitrogens with zero attached hydrogens (tertiary/aromatic N) is 2. The zero-order valence-corrected chi connectivity index (χ0v) is 14.7. The van der Waals surface area contributed by atoms with Gasteiger partial charge in [0.05, 0.1) is 11.3 Å². The Labute approximate surface area is 137 Å². The van der Waals surface area contributed by atoms with Crippen molar-refractivity contribution in [3.63, 3.8) is 0 Å². The molecule has 0 radical (unpaired) electrons. The van der Waals surface area contributed by atoms with Crippen molar-refractivity contribution in [3.05, 3.63) is 40.2 Å². The highest BCUT2D eigenvalue weighted by atomic mass is 16.3. The molecular weight excluding hydrogens is 290 g/mol. The van der Waals surface area contributed by atoms with Crippen molar-refractivity contribution in [1.29, 1.82) is 0 Å². The van der Waals surface area contributed by atoms with E-state index in [0.717, 1.165) is 34.7 Å². The van der Waals surface area contributed by atoms with Crippen LogP contribution in [0.1, 0.15) is 59.6 Å². The molecule has 23 heavy (non-hydrogen) atoms. The molecule has 0 aliphatic rings. The number of carbonyl (C=O) groups is 1. The maximum atomic E-state index is 12.7. The first kappa shape index (κ1) is 17.1. The van der Waals surface area contributed by atoms with E-state index in [1.54, 1.807) is 6.07 Å². The lowest BCUT2D eigenvalue weighted by molar-refractivity contribution is 0.102. The Balaban J connectivity index is 2.38. The summed E-state index contributed by atoms with van der Waals surface area (Å²) in [5.41, 5.74) is 4.58. The quantitative estimate of drug-likeness (QED) is 0.841. The predicted molar refractivity (Wildman–Crippen MR) is 92.3 cm³/mol. The lowest BCUT2D eigenvalue weighted by Gasteiger charge is -2.14. The van der Waals surface area contributed by atoms with Crippen LogP contribution < -0.4 is 5.32 Å². The normalized spacial score (nSPS) is 11.1. The van der Waals surface area contributed by atoms with E-state index in [1.807, 2.05) is 52.3 Å². The zero-order valence-electron chi connectivity index (χ0n) is 14.7. The highest BCUT2D eigenvalue weighted by Gasteiger charge is 2.19. The molecule has 124 valence electrons. The largest absolute Gasteiger partial charge is 0.508 e. The van der Waals surface area contributed by atoms with Gasteiger partial charge >= 0.3 is 0 Å². The maximum absolute atomic E-state index is 12.7. The van der Waals surface area contributed by atoms with E-state index < -0.39 is 0 Å². The Kier molecular flexibility index (Phi) is 4.78. The fourth-order valence-electron chi connectivity index (χ4n) is 2.82. The number of amides is 1. The first-order chi connectivity index (χ1) is 10.8. The first-order valence-corrected chi connectivity index (χ1v) is 7.95. The topological polar surface area (TPSA) is 67.2 Å². The summed E-state index contributed by atoms with van der Waals surface area (Å²) in [6, 6.07) is 3.54. The molecule has 0 aliphatic carbocycles. The van der Waals surface area contributed by atoms with Crippen molar-refractivity contribution >= 4 is 11.6 Å². The Bertz CT molecular complexity index is 745. The SMILES string of the molecule is CCn1nc(C)c(C(=O)Nc2cc(C(C)C)c(O)cc2C)c1C. The van der Waals surface area contributed by atoms with Gasteiger partial charge in [-0.2, -0.15) is 5.10 Å². The first-order valence-electron chi connectivity index (χ1n) is 7.95. The van der Waals surface area contributed by atoms with E-state index in [0.29, 0.717) is 5.56 Å². The summed E-state index contributed by atoms with van der Waals surface area (Å²) in [5.74, 6) is 0.280. The van der Waals surface area contributed by atoms with Gasteiger partial charge in [-0.3, -0.25) is 9.48 Å². The Morgan fingerprint density at radius 1 is 1.30 bits per heavy atom. The van der Waals surface area contributed by atoms with Crippen LogP contribution in [-0.4, -0.2) is 20.8 Å². The van der Waals surface area contributed by atoms with E-state index in [1.165, 1.54) is 0 Å². The second-order valence-corrected chi connectivity index (χ2v) is 6.20. The monoisotopic (exact) mass is 315 g/mol. The van der Waals surface area contributed by atoms with Crippen LogP contribution >= 0.6 is 0 Å². The summed E-state index contributed by atoms with van der Waals surface area (Å²) < 4.78 is 1.83. The minimum atomic E-state index is -0.164.